The molecule has 1 saturated carbocycles. The van der Waals surface area contributed by atoms with E-state index in [-0.39, 0.29) is 29.3 Å². The Morgan fingerprint density at radius 2 is 1.90 bits per heavy atom. The van der Waals surface area contributed by atoms with Crippen LogP contribution in [0.25, 0.3) is 5.69 Å². The maximum absolute atomic E-state index is 14.6. The van der Waals surface area contributed by atoms with Crippen molar-refractivity contribution in [3.63, 3.8) is 0 Å². The van der Waals surface area contributed by atoms with Crippen molar-refractivity contribution < 1.29 is 9.18 Å². The first-order valence-electron chi connectivity index (χ1n) is 9.77. The van der Waals surface area contributed by atoms with E-state index in [0.29, 0.717) is 11.4 Å². The van der Waals surface area contributed by atoms with Gasteiger partial charge in [0.15, 0.2) is 11.6 Å². The van der Waals surface area contributed by atoms with Gasteiger partial charge in [0, 0.05) is 17.8 Å². The molecular weight excluding hydrogens is 387 g/mol. The average Bonchev–Trinajstić information content (AvgIpc) is 3.27. The predicted octanol–water partition coefficient (Wildman–Crippen LogP) is 2.33. The lowest BCUT2D eigenvalue weighted by molar-refractivity contribution is 0.100. The minimum absolute atomic E-state index is 0.0368. The quantitative estimate of drug-likeness (QED) is 0.489. The highest BCUT2D eigenvalue weighted by molar-refractivity contribution is 5.98. The fourth-order valence-electron chi connectivity index (χ4n) is 3.58. The third-order valence-corrected chi connectivity index (χ3v) is 5.14. The number of nitrogens with two attached hydrogens (primary N) is 2. The molecular formula is C20H23FN8O. The van der Waals surface area contributed by atoms with E-state index in [0.717, 1.165) is 31.7 Å². The van der Waals surface area contributed by atoms with E-state index >= 15 is 0 Å². The molecule has 30 heavy (non-hydrogen) atoms. The number of primary amides is 1. The first-order chi connectivity index (χ1) is 14.5. The van der Waals surface area contributed by atoms with E-state index in [2.05, 4.69) is 25.8 Å². The lowest BCUT2D eigenvalue weighted by Crippen LogP contribution is -2.43. The molecule has 0 spiro atoms. The van der Waals surface area contributed by atoms with Crippen molar-refractivity contribution in [3.8, 4) is 5.69 Å². The van der Waals surface area contributed by atoms with Crippen molar-refractivity contribution in [2.75, 3.05) is 10.6 Å². The Labute approximate surface area is 172 Å². The summed E-state index contributed by atoms with van der Waals surface area (Å²) >= 11 is 0. The number of amides is 1. The molecule has 4 rings (SSSR count). The zero-order valence-electron chi connectivity index (χ0n) is 16.3. The molecule has 0 bridgehead atoms. The van der Waals surface area contributed by atoms with Crippen LogP contribution in [0.1, 0.15) is 36.0 Å². The largest absolute Gasteiger partial charge is 0.365 e. The van der Waals surface area contributed by atoms with Gasteiger partial charge in [-0.15, -0.1) is 0 Å². The lowest BCUT2D eigenvalue weighted by atomic mass is 9.91. The van der Waals surface area contributed by atoms with Crippen LogP contribution >= 0.6 is 0 Å². The van der Waals surface area contributed by atoms with Crippen molar-refractivity contribution in [2.45, 2.75) is 37.8 Å². The van der Waals surface area contributed by atoms with Crippen LogP contribution in [0.4, 0.5) is 21.7 Å². The Bertz CT molecular complexity index is 1040. The molecule has 1 amide bonds. The van der Waals surface area contributed by atoms with Crippen LogP contribution < -0.4 is 22.1 Å². The molecule has 1 unspecified atom stereocenters. The van der Waals surface area contributed by atoms with E-state index in [1.807, 2.05) is 6.07 Å². The van der Waals surface area contributed by atoms with Crippen LogP contribution in [-0.2, 0) is 0 Å². The van der Waals surface area contributed by atoms with E-state index in [1.54, 1.807) is 30.6 Å². The molecule has 1 aliphatic rings. The zero-order chi connectivity index (χ0) is 21.1. The maximum atomic E-state index is 14.6. The van der Waals surface area contributed by atoms with Crippen LogP contribution in [0.3, 0.4) is 0 Å². The summed E-state index contributed by atoms with van der Waals surface area (Å²) in [4.78, 5) is 17.7. The molecule has 1 aliphatic carbocycles. The summed E-state index contributed by atoms with van der Waals surface area (Å²) in [6, 6.07) is 8.12. The number of nitrogens with one attached hydrogen (secondary N) is 2. The molecule has 2 heterocycles. The van der Waals surface area contributed by atoms with Gasteiger partial charge >= 0.3 is 0 Å². The number of benzene rings is 1. The summed E-state index contributed by atoms with van der Waals surface area (Å²) in [7, 11) is 0. The minimum Gasteiger partial charge on any atom is -0.365 e. The summed E-state index contributed by atoms with van der Waals surface area (Å²) in [5.74, 6) is -1.24. The van der Waals surface area contributed by atoms with Crippen LogP contribution in [0.2, 0.25) is 0 Å². The molecule has 9 nitrogen and oxygen atoms in total. The van der Waals surface area contributed by atoms with Gasteiger partial charge in [-0.3, -0.25) is 4.79 Å². The number of hydrogen-bond donors (Lipinski definition) is 4. The van der Waals surface area contributed by atoms with Gasteiger partial charge < -0.3 is 22.1 Å². The van der Waals surface area contributed by atoms with Crippen molar-refractivity contribution in [1.82, 2.24) is 20.0 Å². The van der Waals surface area contributed by atoms with Gasteiger partial charge in [-0.2, -0.15) is 15.0 Å². The highest BCUT2D eigenvalue weighted by atomic mass is 19.1. The molecule has 2 atom stereocenters. The van der Waals surface area contributed by atoms with Gasteiger partial charge in [-0.1, -0.05) is 18.9 Å². The van der Waals surface area contributed by atoms with Crippen molar-refractivity contribution in [2.24, 2.45) is 11.5 Å². The number of anilines is 3. The number of halogens is 1. The lowest BCUT2D eigenvalue weighted by Gasteiger charge is -2.30. The standard InChI is InChI=1S/C20H23FN8O/c21-15-11-14(18(23)30)19(28-20(15)27-17-7-2-1-6-16(17)22)26-12-4-3-5-13(10-12)29-24-8-9-25-29/h3-5,8-11,16-17H,1-2,6-7,22H2,(H2,23,30)(H2,26,27,28)/t16-,17?/m0/s1. The third kappa shape index (κ3) is 4.23. The number of carbonyl (C=O) groups is 1. The van der Waals surface area contributed by atoms with Crippen molar-refractivity contribution >= 4 is 23.2 Å². The topological polar surface area (TPSA) is 137 Å². The molecule has 156 valence electrons. The summed E-state index contributed by atoms with van der Waals surface area (Å²) in [5.41, 5.74) is 12.9. The average molecular weight is 410 g/mol. The van der Waals surface area contributed by atoms with Gasteiger partial charge in [-0.05, 0) is 37.1 Å². The number of nitrogens with zero attached hydrogens (tertiary/aromatic N) is 4. The molecule has 3 aromatic rings. The van der Waals surface area contributed by atoms with E-state index in [9.17, 15) is 9.18 Å². The highest BCUT2D eigenvalue weighted by Gasteiger charge is 2.24. The van der Waals surface area contributed by atoms with Gasteiger partial charge in [0.1, 0.15) is 5.82 Å². The number of rotatable bonds is 6. The smallest absolute Gasteiger partial charge is 0.252 e. The SMILES string of the molecule is NC(=O)c1cc(F)c(NC2CCCC[C@@H]2N)nc1Nc1cccc(-n2nccn2)c1. The first kappa shape index (κ1) is 19.8. The van der Waals surface area contributed by atoms with E-state index in [4.69, 9.17) is 11.5 Å². The molecule has 1 fully saturated rings. The molecule has 0 aliphatic heterocycles. The number of pyridine rings is 1. The Morgan fingerprint density at radius 3 is 2.63 bits per heavy atom. The first-order valence-corrected chi connectivity index (χ1v) is 9.77. The fourth-order valence-corrected chi connectivity index (χ4v) is 3.58. The molecule has 1 aromatic carbocycles. The monoisotopic (exact) mass is 410 g/mol. The zero-order valence-corrected chi connectivity index (χ0v) is 16.3. The Hall–Kier alpha value is -3.53. The number of aromatic nitrogens is 4. The van der Waals surface area contributed by atoms with Gasteiger partial charge in [0.25, 0.3) is 5.91 Å². The van der Waals surface area contributed by atoms with Crippen molar-refractivity contribution in [1.29, 1.82) is 0 Å². The molecule has 6 N–H and O–H groups in total. The molecule has 10 heteroatoms. The van der Waals surface area contributed by atoms with E-state index in [1.165, 1.54) is 4.80 Å². The summed E-state index contributed by atoms with van der Waals surface area (Å²) in [6.07, 6.45) is 6.93. The molecule has 2 aromatic heterocycles. The second-order valence-electron chi connectivity index (χ2n) is 7.27. The number of hydrogen-bond acceptors (Lipinski definition) is 7. The third-order valence-electron chi connectivity index (χ3n) is 5.14. The van der Waals surface area contributed by atoms with Crippen LogP contribution in [0, 0.1) is 5.82 Å². The summed E-state index contributed by atoms with van der Waals surface area (Å²) in [6.45, 7) is 0. The Balaban J connectivity index is 1.64. The normalized spacial score (nSPS) is 18.7. The highest BCUT2D eigenvalue weighted by Crippen LogP contribution is 2.27. The Kier molecular flexibility index (Phi) is 5.57. The van der Waals surface area contributed by atoms with E-state index < -0.39 is 11.7 Å². The van der Waals surface area contributed by atoms with Crippen LogP contribution in [0.15, 0.2) is 42.7 Å². The van der Waals surface area contributed by atoms with Crippen LogP contribution in [0.5, 0.6) is 0 Å². The molecule has 0 saturated heterocycles. The fraction of sp³-hybridized carbons (Fsp3) is 0.300. The van der Waals surface area contributed by atoms with Gasteiger partial charge in [-0.25, -0.2) is 9.37 Å². The van der Waals surface area contributed by atoms with Crippen LogP contribution in [-0.4, -0.2) is 38.0 Å². The predicted molar refractivity (Wildman–Crippen MR) is 111 cm³/mol. The Morgan fingerprint density at radius 1 is 1.13 bits per heavy atom. The van der Waals surface area contributed by atoms with Gasteiger partial charge in [0.2, 0.25) is 0 Å². The summed E-state index contributed by atoms with van der Waals surface area (Å²) < 4.78 is 14.6. The van der Waals surface area contributed by atoms with Crippen molar-refractivity contribution in [3.05, 3.63) is 54.1 Å². The second kappa shape index (κ2) is 8.46. The molecule has 0 radical (unpaired) electrons. The summed E-state index contributed by atoms with van der Waals surface area (Å²) in [5, 5.41) is 14.3. The number of carbonyl (C=O) groups excluding carboxylic acids is 1. The second-order valence-corrected chi connectivity index (χ2v) is 7.27. The van der Waals surface area contributed by atoms with Gasteiger partial charge in [0.05, 0.1) is 23.6 Å². The maximum Gasteiger partial charge on any atom is 0.252 e. The minimum atomic E-state index is -0.783.